The summed E-state index contributed by atoms with van der Waals surface area (Å²) >= 11 is 0. The van der Waals surface area contributed by atoms with Crippen LogP contribution in [0.2, 0.25) is 0 Å². The lowest BCUT2D eigenvalue weighted by atomic mass is 10.1. The molecule has 0 aromatic heterocycles. The van der Waals surface area contributed by atoms with E-state index in [2.05, 4.69) is 5.32 Å². The number of anilines is 1. The van der Waals surface area contributed by atoms with E-state index in [-0.39, 0.29) is 11.3 Å². The van der Waals surface area contributed by atoms with E-state index in [1.807, 2.05) is 0 Å². The fraction of sp³-hybridized carbons (Fsp3) is 0.417. The van der Waals surface area contributed by atoms with E-state index in [0.717, 1.165) is 0 Å². The number of hydrogen-bond donors (Lipinski definition) is 2. The van der Waals surface area contributed by atoms with Crippen LogP contribution in [0.4, 0.5) is 11.4 Å². The Kier molecular flexibility index (Phi) is 6.41. The molecule has 20 heavy (non-hydrogen) atoms. The SMILES string of the molecule is COCCOCCNc1cccc(C(=O)O)c1[N+](=O)[O-]. The van der Waals surface area contributed by atoms with Gasteiger partial charge in [-0.1, -0.05) is 6.07 Å². The van der Waals surface area contributed by atoms with E-state index < -0.39 is 16.6 Å². The van der Waals surface area contributed by atoms with E-state index >= 15 is 0 Å². The third-order valence-electron chi connectivity index (χ3n) is 2.44. The van der Waals surface area contributed by atoms with Gasteiger partial charge >= 0.3 is 11.7 Å². The number of carboxylic acids is 1. The van der Waals surface area contributed by atoms with Gasteiger partial charge in [-0.15, -0.1) is 0 Å². The highest BCUT2D eigenvalue weighted by Gasteiger charge is 2.23. The molecule has 0 bridgehead atoms. The Labute approximate surface area is 115 Å². The van der Waals surface area contributed by atoms with Crippen molar-refractivity contribution in [3.05, 3.63) is 33.9 Å². The summed E-state index contributed by atoms with van der Waals surface area (Å²) in [6.45, 7) is 1.55. The molecule has 0 fully saturated rings. The molecule has 1 aromatic rings. The lowest BCUT2D eigenvalue weighted by molar-refractivity contribution is -0.384. The molecule has 0 unspecified atom stereocenters. The predicted octanol–water partition coefficient (Wildman–Crippen LogP) is 1.37. The second-order valence-corrected chi connectivity index (χ2v) is 3.80. The lowest BCUT2D eigenvalue weighted by Gasteiger charge is -2.09. The van der Waals surface area contributed by atoms with Gasteiger partial charge in [-0.2, -0.15) is 0 Å². The van der Waals surface area contributed by atoms with E-state index in [1.54, 1.807) is 7.11 Å². The number of carboxylic acid groups (broad SMARTS) is 1. The van der Waals surface area contributed by atoms with Crippen molar-refractivity contribution in [1.29, 1.82) is 0 Å². The molecule has 8 nitrogen and oxygen atoms in total. The molecule has 2 N–H and O–H groups in total. The minimum absolute atomic E-state index is 0.158. The number of nitro groups is 1. The van der Waals surface area contributed by atoms with Crippen molar-refractivity contribution in [2.75, 3.05) is 38.8 Å². The van der Waals surface area contributed by atoms with Gasteiger partial charge in [0.15, 0.2) is 0 Å². The Morgan fingerprint density at radius 1 is 1.40 bits per heavy atom. The fourth-order valence-electron chi connectivity index (χ4n) is 1.56. The molecule has 0 heterocycles. The zero-order valence-electron chi connectivity index (χ0n) is 11.0. The summed E-state index contributed by atoms with van der Waals surface area (Å²) in [6.07, 6.45) is 0. The molecule has 1 rings (SSSR count). The maximum absolute atomic E-state index is 11.0. The molecule has 0 aliphatic rings. The third-order valence-corrected chi connectivity index (χ3v) is 2.44. The quantitative estimate of drug-likeness (QED) is 0.400. The summed E-state index contributed by atoms with van der Waals surface area (Å²) < 4.78 is 10.00. The zero-order chi connectivity index (χ0) is 15.0. The van der Waals surface area contributed by atoms with E-state index in [4.69, 9.17) is 14.6 Å². The first-order valence-electron chi connectivity index (χ1n) is 5.89. The van der Waals surface area contributed by atoms with Crippen LogP contribution in [0.1, 0.15) is 10.4 Å². The number of nitrogens with zero attached hydrogens (tertiary/aromatic N) is 1. The highest BCUT2D eigenvalue weighted by Crippen LogP contribution is 2.28. The van der Waals surface area contributed by atoms with Gasteiger partial charge < -0.3 is 19.9 Å². The molecule has 110 valence electrons. The number of methoxy groups -OCH3 is 1. The first-order chi connectivity index (χ1) is 9.57. The Hall–Kier alpha value is -2.19. The Bertz CT molecular complexity index is 477. The van der Waals surface area contributed by atoms with Gasteiger partial charge in [0, 0.05) is 13.7 Å². The third kappa shape index (κ3) is 4.48. The van der Waals surface area contributed by atoms with Gasteiger partial charge in [-0.25, -0.2) is 4.79 Å². The fourth-order valence-corrected chi connectivity index (χ4v) is 1.56. The molecule has 0 saturated carbocycles. The second-order valence-electron chi connectivity index (χ2n) is 3.80. The van der Waals surface area contributed by atoms with Crippen LogP contribution in [0, 0.1) is 10.1 Å². The molecule has 0 radical (unpaired) electrons. The highest BCUT2D eigenvalue weighted by atomic mass is 16.6. The Morgan fingerprint density at radius 2 is 2.15 bits per heavy atom. The maximum atomic E-state index is 11.0. The maximum Gasteiger partial charge on any atom is 0.342 e. The van der Waals surface area contributed by atoms with Crippen LogP contribution >= 0.6 is 0 Å². The normalized spacial score (nSPS) is 10.2. The molecule has 0 aliphatic carbocycles. The second kappa shape index (κ2) is 8.08. The minimum Gasteiger partial charge on any atom is -0.477 e. The summed E-state index contributed by atoms with van der Waals surface area (Å²) in [7, 11) is 1.56. The topological polar surface area (TPSA) is 111 Å². The van der Waals surface area contributed by atoms with Crippen LogP contribution in [0.3, 0.4) is 0 Å². The summed E-state index contributed by atoms with van der Waals surface area (Å²) in [5, 5.41) is 22.7. The van der Waals surface area contributed by atoms with Crippen molar-refractivity contribution in [3.63, 3.8) is 0 Å². The smallest absolute Gasteiger partial charge is 0.342 e. The van der Waals surface area contributed by atoms with Crippen molar-refractivity contribution in [2.45, 2.75) is 0 Å². The van der Waals surface area contributed by atoms with E-state index in [9.17, 15) is 14.9 Å². The summed E-state index contributed by atoms with van der Waals surface area (Å²) in [4.78, 5) is 21.2. The number of aromatic carboxylic acids is 1. The molecule has 0 amide bonds. The van der Waals surface area contributed by atoms with Crippen LogP contribution < -0.4 is 5.32 Å². The minimum atomic E-state index is -1.34. The monoisotopic (exact) mass is 284 g/mol. The molecular formula is C12H16N2O6. The number of para-hydroxylation sites is 1. The molecular weight excluding hydrogens is 268 g/mol. The number of benzene rings is 1. The first-order valence-corrected chi connectivity index (χ1v) is 5.89. The van der Waals surface area contributed by atoms with Crippen molar-refractivity contribution in [1.82, 2.24) is 0 Å². The molecule has 0 spiro atoms. The average Bonchev–Trinajstić information content (AvgIpc) is 2.42. The summed E-state index contributed by atoms with van der Waals surface area (Å²) in [5.41, 5.74) is -0.637. The lowest BCUT2D eigenvalue weighted by Crippen LogP contribution is -2.14. The number of rotatable bonds is 9. The van der Waals surface area contributed by atoms with Gasteiger partial charge in [0.2, 0.25) is 0 Å². The molecule has 8 heteroatoms. The first kappa shape index (κ1) is 15.9. The molecule has 1 aromatic carbocycles. The number of nitrogens with one attached hydrogen (secondary N) is 1. The van der Waals surface area contributed by atoms with Gasteiger partial charge in [0.25, 0.3) is 0 Å². The average molecular weight is 284 g/mol. The molecule has 0 saturated heterocycles. The van der Waals surface area contributed by atoms with Crippen LogP contribution in [-0.2, 0) is 9.47 Å². The van der Waals surface area contributed by atoms with Crippen LogP contribution in [0.5, 0.6) is 0 Å². The molecule has 0 aliphatic heterocycles. The zero-order valence-corrected chi connectivity index (χ0v) is 11.0. The van der Waals surface area contributed by atoms with Crippen molar-refractivity contribution < 1.29 is 24.3 Å². The number of hydrogen-bond acceptors (Lipinski definition) is 6. The largest absolute Gasteiger partial charge is 0.477 e. The van der Waals surface area contributed by atoms with Crippen LogP contribution in [-0.4, -0.2) is 49.5 Å². The van der Waals surface area contributed by atoms with Gasteiger partial charge in [-0.05, 0) is 12.1 Å². The Balaban J connectivity index is 2.67. The highest BCUT2D eigenvalue weighted by molar-refractivity contribution is 5.95. The summed E-state index contributed by atoms with van der Waals surface area (Å²) in [5.74, 6) is -1.34. The predicted molar refractivity (Wildman–Crippen MR) is 71.2 cm³/mol. The van der Waals surface area contributed by atoms with Gasteiger partial charge in [0.05, 0.1) is 24.7 Å². The number of carbonyl (C=O) groups is 1. The van der Waals surface area contributed by atoms with Crippen molar-refractivity contribution in [3.8, 4) is 0 Å². The van der Waals surface area contributed by atoms with Crippen molar-refractivity contribution >= 4 is 17.3 Å². The number of nitro benzene ring substituents is 1. The Morgan fingerprint density at radius 3 is 2.75 bits per heavy atom. The summed E-state index contributed by atoms with van der Waals surface area (Å²) in [6, 6.07) is 4.10. The van der Waals surface area contributed by atoms with Crippen LogP contribution in [0.15, 0.2) is 18.2 Å². The van der Waals surface area contributed by atoms with Crippen LogP contribution in [0.25, 0.3) is 0 Å². The molecule has 0 atom stereocenters. The standard InChI is InChI=1S/C12H16N2O6/c1-19-7-8-20-6-5-13-10-4-2-3-9(12(15)16)11(10)14(17)18/h2-4,13H,5-8H2,1H3,(H,15,16). The van der Waals surface area contributed by atoms with E-state index in [1.165, 1.54) is 18.2 Å². The van der Waals surface area contributed by atoms with Crippen molar-refractivity contribution in [2.24, 2.45) is 0 Å². The van der Waals surface area contributed by atoms with Gasteiger partial charge in [-0.3, -0.25) is 10.1 Å². The van der Waals surface area contributed by atoms with Gasteiger partial charge in [0.1, 0.15) is 11.3 Å². The van der Waals surface area contributed by atoms with E-state index in [0.29, 0.717) is 26.4 Å². The number of ether oxygens (including phenoxy) is 2.